The predicted molar refractivity (Wildman–Crippen MR) is 65.0 cm³/mol. The third-order valence-corrected chi connectivity index (χ3v) is 3.57. The van der Waals surface area contributed by atoms with Crippen molar-refractivity contribution in [3.63, 3.8) is 0 Å². The van der Waals surface area contributed by atoms with Crippen LogP contribution >= 0.6 is 0 Å². The van der Waals surface area contributed by atoms with Gasteiger partial charge in [-0.25, -0.2) is 5.84 Å². The summed E-state index contributed by atoms with van der Waals surface area (Å²) in [6.07, 6.45) is 4.14. The van der Waals surface area contributed by atoms with E-state index in [1.165, 1.54) is 0 Å². The Hall–Kier alpha value is -1.36. The van der Waals surface area contributed by atoms with Gasteiger partial charge in [-0.15, -0.1) is 0 Å². The van der Waals surface area contributed by atoms with Gasteiger partial charge in [-0.1, -0.05) is 12.8 Å². The van der Waals surface area contributed by atoms with Crippen LogP contribution in [0.25, 0.3) is 0 Å². The largest absolute Gasteiger partial charge is 0.294 e. The van der Waals surface area contributed by atoms with Gasteiger partial charge in [-0.3, -0.25) is 14.9 Å². The number of aryl methyl sites for hydroxylation is 2. The molecule has 1 fully saturated rings. The van der Waals surface area contributed by atoms with Crippen LogP contribution in [-0.2, 0) is 4.79 Å². The molecular formula is C12H20N4O. The Morgan fingerprint density at radius 1 is 1.47 bits per heavy atom. The van der Waals surface area contributed by atoms with Crippen molar-refractivity contribution in [2.24, 2.45) is 11.8 Å². The number of hydrogen-bond acceptors (Lipinski definition) is 3. The summed E-state index contributed by atoms with van der Waals surface area (Å²) in [5, 5.41) is 4.50. The minimum atomic E-state index is -0.0674. The Morgan fingerprint density at radius 3 is 2.76 bits per heavy atom. The highest BCUT2D eigenvalue weighted by molar-refractivity contribution is 5.78. The Kier molecular flexibility index (Phi) is 3.47. The highest BCUT2D eigenvalue weighted by atomic mass is 16.2. The number of aromatic nitrogens is 2. The molecule has 0 bridgehead atoms. The van der Waals surface area contributed by atoms with E-state index < -0.39 is 0 Å². The molecule has 0 saturated heterocycles. The summed E-state index contributed by atoms with van der Waals surface area (Å²) in [7, 11) is 0. The van der Waals surface area contributed by atoms with Gasteiger partial charge < -0.3 is 0 Å². The van der Waals surface area contributed by atoms with Gasteiger partial charge in [-0.2, -0.15) is 5.10 Å². The van der Waals surface area contributed by atoms with Crippen LogP contribution in [0, 0.1) is 19.8 Å². The van der Waals surface area contributed by atoms with E-state index in [-0.39, 0.29) is 17.9 Å². The van der Waals surface area contributed by atoms with Crippen molar-refractivity contribution in [3.8, 4) is 0 Å². The zero-order valence-electron chi connectivity index (χ0n) is 10.4. The average molecular weight is 236 g/mol. The van der Waals surface area contributed by atoms with E-state index in [2.05, 4.69) is 10.5 Å². The molecule has 2 atom stereocenters. The number of hydrogen-bond donors (Lipinski definition) is 2. The van der Waals surface area contributed by atoms with Crippen LogP contribution in [0.2, 0.25) is 0 Å². The van der Waals surface area contributed by atoms with Gasteiger partial charge in [0.2, 0.25) is 5.91 Å². The summed E-state index contributed by atoms with van der Waals surface area (Å²) in [4.78, 5) is 11.8. The molecule has 2 rings (SSSR count). The van der Waals surface area contributed by atoms with Crippen molar-refractivity contribution in [1.82, 2.24) is 15.2 Å². The van der Waals surface area contributed by atoms with E-state index in [0.717, 1.165) is 37.1 Å². The minimum absolute atomic E-state index is 0.0493. The first-order valence-corrected chi connectivity index (χ1v) is 6.16. The van der Waals surface area contributed by atoms with Crippen LogP contribution in [-0.4, -0.2) is 15.7 Å². The number of amides is 1. The molecule has 1 amide bonds. The first-order chi connectivity index (χ1) is 8.13. The van der Waals surface area contributed by atoms with Crippen molar-refractivity contribution < 1.29 is 4.79 Å². The molecule has 94 valence electrons. The second kappa shape index (κ2) is 4.87. The zero-order valence-corrected chi connectivity index (χ0v) is 10.4. The smallest absolute Gasteiger partial charge is 0.239 e. The lowest BCUT2D eigenvalue weighted by Crippen LogP contribution is -2.41. The number of carbonyl (C=O) groups excluding carboxylic acids is 1. The number of rotatable bonds is 2. The fourth-order valence-corrected chi connectivity index (χ4v) is 2.80. The maximum absolute atomic E-state index is 11.8. The third kappa shape index (κ3) is 2.34. The SMILES string of the molecule is Cc1cc(C)n(C2CCCCC2C(=O)NN)n1. The van der Waals surface area contributed by atoms with Crippen molar-refractivity contribution in [2.45, 2.75) is 45.6 Å². The van der Waals surface area contributed by atoms with Crippen molar-refractivity contribution in [1.29, 1.82) is 0 Å². The van der Waals surface area contributed by atoms with Crippen molar-refractivity contribution in [3.05, 3.63) is 17.5 Å². The predicted octanol–water partition coefficient (Wildman–Crippen LogP) is 1.22. The van der Waals surface area contributed by atoms with Crippen LogP contribution in [0.3, 0.4) is 0 Å². The zero-order chi connectivity index (χ0) is 12.4. The Morgan fingerprint density at radius 2 is 2.18 bits per heavy atom. The number of carbonyl (C=O) groups is 1. The lowest BCUT2D eigenvalue weighted by Gasteiger charge is -2.31. The second-order valence-corrected chi connectivity index (χ2v) is 4.84. The molecule has 1 aromatic heterocycles. The van der Waals surface area contributed by atoms with Crippen molar-refractivity contribution in [2.75, 3.05) is 0 Å². The lowest BCUT2D eigenvalue weighted by atomic mass is 9.84. The number of nitrogens with two attached hydrogens (primary N) is 1. The normalized spacial score (nSPS) is 24.6. The highest BCUT2D eigenvalue weighted by Gasteiger charge is 2.32. The van der Waals surface area contributed by atoms with Gasteiger partial charge in [0.1, 0.15) is 0 Å². The quantitative estimate of drug-likeness (QED) is 0.460. The minimum Gasteiger partial charge on any atom is -0.294 e. The molecule has 0 aromatic carbocycles. The highest BCUT2D eigenvalue weighted by Crippen LogP contribution is 2.34. The Labute approximate surface area is 101 Å². The van der Waals surface area contributed by atoms with Crippen LogP contribution < -0.4 is 11.3 Å². The summed E-state index contributed by atoms with van der Waals surface area (Å²) < 4.78 is 1.99. The van der Waals surface area contributed by atoms with E-state index in [0.29, 0.717) is 0 Å². The van der Waals surface area contributed by atoms with Gasteiger partial charge in [0.25, 0.3) is 0 Å². The van der Waals surface area contributed by atoms with Gasteiger partial charge in [0.15, 0.2) is 0 Å². The summed E-state index contributed by atoms with van der Waals surface area (Å²) in [5.74, 6) is 5.14. The fourth-order valence-electron chi connectivity index (χ4n) is 2.80. The monoisotopic (exact) mass is 236 g/mol. The number of nitrogens with zero attached hydrogens (tertiary/aromatic N) is 2. The van der Waals surface area contributed by atoms with Crippen LogP contribution in [0.1, 0.15) is 43.1 Å². The molecule has 1 aliphatic rings. The van der Waals surface area contributed by atoms with E-state index in [1.54, 1.807) is 0 Å². The molecule has 2 unspecified atom stereocenters. The molecule has 1 aliphatic carbocycles. The topological polar surface area (TPSA) is 72.9 Å². The molecule has 3 N–H and O–H groups in total. The van der Waals surface area contributed by atoms with E-state index in [9.17, 15) is 4.79 Å². The molecular weight excluding hydrogens is 216 g/mol. The van der Waals surface area contributed by atoms with E-state index in [4.69, 9.17) is 5.84 Å². The molecule has 5 nitrogen and oxygen atoms in total. The third-order valence-electron chi connectivity index (χ3n) is 3.57. The van der Waals surface area contributed by atoms with Gasteiger partial charge in [-0.05, 0) is 32.8 Å². The summed E-state index contributed by atoms with van der Waals surface area (Å²) in [5.41, 5.74) is 4.40. The lowest BCUT2D eigenvalue weighted by molar-refractivity contribution is -0.127. The fraction of sp³-hybridized carbons (Fsp3) is 0.667. The molecule has 0 aliphatic heterocycles. The van der Waals surface area contributed by atoms with E-state index >= 15 is 0 Å². The summed E-state index contributed by atoms with van der Waals surface area (Å²) in [6.45, 7) is 4.01. The van der Waals surface area contributed by atoms with Gasteiger partial charge in [0, 0.05) is 5.69 Å². The van der Waals surface area contributed by atoms with Crippen LogP contribution in [0.5, 0.6) is 0 Å². The Bertz CT molecular complexity index is 413. The standard InChI is InChI=1S/C12H20N4O/c1-8-7-9(2)16(15-8)11-6-4-3-5-10(11)12(17)14-13/h7,10-11H,3-6,13H2,1-2H3,(H,14,17). The molecule has 0 spiro atoms. The molecule has 17 heavy (non-hydrogen) atoms. The Balaban J connectivity index is 2.27. The second-order valence-electron chi connectivity index (χ2n) is 4.84. The van der Waals surface area contributed by atoms with Crippen molar-refractivity contribution >= 4 is 5.91 Å². The van der Waals surface area contributed by atoms with Crippen LogP contribution in [0.4, 0.5) is 0 Å². The van der Waals surface area contributed by atoms with Crippen LogP contribution in [0.15, 0.2) is 6.07 Å². The van der Waals surface area contributed by atoms with Gasteiger partial charge >= 0.3 is 0 Å². The maximum atomic E-state index is 11.8. The molecule has 1 heterocycles. The van der Waals surface area contributed by atoms with Gasteiger partial charge in [0.05, 0.1) is 17.7 Å². The molecule has 0 radical (unpaired) electrons. The summed E-state index contributed by atoms with van der Waals surface area (Å²) >= 11 is 0. The molecule has 5 heteroatoms. The number of nitrogens with one attached hydrogen (secondary N) is 1. The van der Waals surface area contributed by atoms with E-state index in [1.807, 2.05) is 24.6 Å². The average Bonchev–Trinajstić information content (AvgIpc) is 2.67. The number of hydrazine groups is 1. The molecule has 1 aromatic rings. The first kappa shape index (κ1) is 12.1. The first-order valence-electron chi connectivity index (χ1n) is 6.16. The summed E-state index contributed by atoms with van der Waals surface area (Å²) in [6, 6.07) is 2.20. The molecule has 1 saturated carbocycles. The maximum Gasteiger partial charge on any atom is 0.239 e.